The summed E-state index contributed by atoms with van der Waals surface area (Å²) in [4.78, 5) is 28.9. The number of alkyl halides is 2. The molecule has 1 aromatic heterocycles. The van der Waals surface area contributed by atoms with Crippen molar-refractivity contribution in [2.75, 3.05) is 14.2 Å². The molecule has 2 N–H and O–H groups in total. The van der Waals surface area contributed by atoms with Gasteiger partial charge in [0.05, 0.1) is 25.3 Å². The van der Waals surface area contributed by atoms with Crippen LogP contribution in [0.15, 0.2) is 41.2 Å². The van der Waals surface area contributed by atoms with E-state index in [9.17, 15) is 18.4 Å². The third-order valence-electron chi connectivity index (χ3n) is 3.92. The number of carbonyl (C=O) groups is 1. The number of benzene rings is 2. The van der Waals surface area contributed by atoms with Gasteiger partial charge >= 0.3 is 12.3 Å². The Labute approximate surface area is 157 Å². The monoisotopic (exact) mass is 390 g/mol. The van der Waals surface area contributed by atoms with Crippen molar-refractivity contribution in [2.45, 2.75) is 6.61 Å². The predicted octanol–water partition coefficient (Wildman–Crippen LogP) is 3.37. The molecule has 0 aliphatic rings. The van der Waals surface area contributed by atoms with Crippen LogP contribution in [-0.2, 0) is 0 Å². The Hall–Kier alpha value is -3.62. The van der Waals surface area contributed by atoms with Gasteiger partial charge in [0.1, 0.15) is 0 Å². The Morgan fingerprint density at radius 3 is 2.29 bits per heavy atom. The molecule has 0 saturated carbocycles. The van der Waals surface area contributed by atoms with E-state index in [4.69, 9.17) is 9.47 Å². The van der Waals surface area contributed by atoms with Gasteiger partial charge < -0.3 is 24.2 Å². The highest BCUT2D eigenvalue weighted by atomic mass is 19.3. The largest absolute Gasteiger partial charge is 0.493 e. The average molecular weight is 390 g/mol. The van der Waals surface area contributed by atoms with Crippen LogP contribution in [0.25, 0.3) is 17.1 Å². The number of hydrogen-bond acceptors (Lipinski definition) is 5. The maximum atomic E-state index is 12.6. The minimum absolute atomic E-state index is 0.0399. The summed E-state index contributed by atoms with van der Waals surface area (Å²) in [5.41, 5.74) is 1.60. The number of halogens is 2. The zero-order valence-corrected chi connectivity index (χ0v) is 14.9. The van der Waals surface area contributed by atoms with Gasteiger partial charge in [-0.25, -0.2) is 4.79 Å². The molecular formula is C19H16F2N2O5. The first-order valence-corrected chi connectivity index (χ1v) is 8.06. The van der Waals surface area contributed by atoms with E-state index in [2.05, 4.69) is 14.7 Å². The fourth-order valence-corrected chi connectivity index (χ4v) is 2.66. The van der Waals surface area contributed by atoms with Crippen LogP contribution in [0.3, 0.4) is 0 Å². The average Bonchev–Trinajstić information content (AvgIpc) is 3.05. The number of ketones is 1. The summed E-state index contributed by atoms with van der Waals surface area (Å²) >= 11 is 0. The highest BCUT2D eigenvalue weighted by Gasteiger charge is 2.17. The van der Waals surface area contributed by atoms with Gasteiger partial charge in [-0.05, 0) is 42.0 Å². The van der Waals surface area contributed by atoms with Crippen molar-refractivity contribution in [3.8, 4) is 17.2 Å². The number of aromatic amines is 2. The van der Waals surface area contributed by atoms with Crippen molar-refractivity contribution in [2.24, 2.45) is 0 Å². The highest BCUT2D eigenvalue weighted by Crippen LogP contribution is 2.39. The van der Waals surface area contributed by atoms with Crippen molar-refractivity contribution in [3.05, 3.63) is 58.0 Å². The lowest BCUT2D eigenvalue weighted by atomic mass is 10.1. The number of hydrogen-bond donors (Lipinski definition) is 2. The molecule has 0 aliphatic carbocycles. The summed E-state index contributed by atoms with van der Waals surface area (Å²) < 4.78 is 39.8. The molecule has 3 rings (SSSR count). The van der Waals surface area contributed by atoms with Gasteiger partial charge in [-0.3, -0.25) is 4.79 Å². The van der Waals surface area contributed by atoms with Crippen molar-refractivity contribution in [1.82, 2.24) is 9.97 Å². The molecular weight excluding hydrogens is 374 g/mol. The fourth-order valence-electron chi connectivity index (χ4n) is 2.66. The lowest BCUT2D eigenvalue weighted by Crippen LogP contribution is -2.05. The Bertz CT molecular complexity index is 1080. The van der Waals surface area contributed by atoms with Crippen molar-refractivity contribution in [3.63, 3.8) is 0 Å². The number of nitrogens with one attached hydrogen (secondary N) is 2. The van der Waals surface area contributed by atoms with Crippen LogP contribution < -0.4 is 19.9 Å². The summed E-state index contributed by atoms with van der Waals surface area (Å²) in [6, 6.07) is 7.64. The van der Waals surface area contributed by atoms with Crippen molar-refractivity contribution < 1.29 is 27.8 Å². The molecule has 0 unspecified atom stereocenters. The molecule has 0 fully saturated rings. The molecule has 2 aromatic carbocycles. The number of carbonyl (C=O) groups excluding carboxylic acids is 1. The van der Waals surface area contributed by atoms with E-state index in [1.165, 1.54) is 38.5 Å². The summed E-state index contributed by atoms with van der Waals surface area (Å²) in [6.45, 7) is -3.04. The highest BCUT2D eigenvalue weighted by molar-refractivity contribution is 6.08. The minimum atomic E-state index is -3.04. The Morgan fingerprint density at radius 2 is 1.68 bits per heavy atom. The smallest absolute Gasteiger partial charge is 0.387 e. The molecule has 0 radical (unpaired) electrons. The van der Waals surface area contributed by atoms with E-state index >= 15 is 0 Å². The Balaban J connectivity index is 1.89. The third-order valence-corrected chi connectivity index (χ3v) is 3.92. The zero-order chi connectivity index (χ0) is 20.3. The van der Waals surface area contributed by atoms with E-state index < -0.39 is 6.61 Å². The van der Waals surface area contributed by atoms with Crippen LogP contribution in [0.1, 0.15) is 15.9 Å². The second kappa shape index (κ2) is 7.95. The maximum Gasteiger partial charge on any atom is 0.387 e. The van der Waals surface area contributed by atoms with Gasteiger partial charge in [-0.1, -0.05) is 6.08 Å². The number of imidazole rings is 1. The number of rotatable bonds is 7. The number of fused-ring (bicyclic) bond motifs is 1. The first-order chi connectivity index (χ1) is 13.4. The van der Waals surface area contributed by atoms with E-state index in [-0.39, 0.29) is 28.7 Å². The number of allylic oxidation sites excluding steroid dienone is 1. The molecule has 28 heavy (non-hydrogen) atoms. The Morgan fingerprint density at radius 1 is 1.04 bits per heavy atom. The molecule has 0 atom stereocenters. The van der Waals surface area contributed by atoms with Crippen LogP contribution >= 0.6 is 0 Å². The molecule has 3 aromatic rings. The molecule has 146 valence electrons. The molecule has 0 bridgehead atoms. The van der Waals surface area contributed by atoms with Crippen LogP contribution in [0.4, 0.5) is 8.78 Å². The van der Waals surface area contributed by atoms with E-state index in [1.54, 1.807) is 18.2 Å². The van der Waals surface area contributed by atoms with Crippen LogP contribution in [0.5, 0.6) is 17.2 Å². The second-order valence-corrected chi connectivity index (χ2v) is 5.67. The molecule has 0 saturated heterocycles. The molecule has 0 spiro atoms. The third kappa shape index (κ3) is 4.03. The molecule has 0 aliphatic heterocycles. The van der Waals surface area contributed by atoms with E-state index in [0.29, 0.717) is 22.2 Å². The summed E-state index contributed by atoms with van der Waals surface area (Å²) in [6.07, 6.45) is 2.80. The first-order valence-electron chi connectivity index (χ1n) is 8.06. The summed E-state index contributed by atoms with van der Waals surface area (Å²) in [5, 5.41) is 0. The van der Waals surface area contributed by atoms with Gasteiger partial charge in [0, 0.05) is 5.56 Å². The van der Waals surface area contributed by atoms with Crippen molar-refractivity contribution >= 4 is 22.9 Å². The second-order valence-electron chi connectivity index (χ2n) is 5.67. The molecule has 0 amide bonds. The van der Waals surface area contributed by atoms with Crippen LogP contribution in [-0.4, -0.2) is 36.6 Å². The van der Waals surface area contributed by atoms with E-state index in [1.807, 2.05) is 0 Å². The summed E-state index contributed by atoms with van der Waals surface area (Å²) in [5.74, 6) is -0.462. The topological polar surface area (TPSA) is 93.4 Å². The van der Waals surface area contributed by atoms with E-state index in [0.717, 1.165) is 0 Å². The Kier molecular flexibility index (Phi) is 5.44. The summed E-state index contributed by atoms with van der Waals surface area (Å²) in [7, 11) is 2.61. The molecule has 9 heteroatoms. The predicted molar refractivity (Wildman–Crippen MR) is 98.5 cm³/mol. The van der Waals surface area contributed by atoms with Crippen molar-refractivity contribution in [1.29, 1.82) is 0 Å². The molecule has 1 heterocycles. The van der Waals surface area contributed by atoms with Gasteiger partial charge in [0.25, 0.3) is 0 Å². The number of aromatic nitrogens is 2. The normalized spacial score (nSPS) is 11.3. The number of ether oxygens (including phenoxy) is 3. The number of methoxy groups -OCH3 is 2. The first kappa shape index (κ1) is 19.2. The van der Waals surface area contributed by atoms with Gasteiger partial charge in [0.15, 0.2) is 17.3 Å². The lowest BCUT2D eigenvalue weighted by molar-refractivity contribution is -0.0526. The standard InChI is InChI=1S/C19H16F2N2O5/c1-26-15-7-10(8-16(27-2)17(15)28-18(20)21)3-6-14(24)11-4-5-12-13(9-11)23-19(25)22-12/h3-9,18H,1-2H3,(H2,22,23,25)/b6-3+. The zero-order valence-electron chi connectivity index (χ0n) is 14.9. The van der Waals surface area contributed by atoms with Gasteiger partial charge in [-0.2, -0.15) is 8.78 Å². The fraction of sp³-hybridized carbons (Fsp3) is 0.158. The van der Waals surface area contributed by atoms with Crippen LogP contribution in [0, 0.1) is 0 Å². The lowest BCUT2D eigenvalue weighted by Gasteiger charge is -2.14. The molecule has 7 nitrogen and oxygen atoms in total. The SMILES string of the molecule is COc1cc(/C=C/C(=O)c2ccc3[nH]c(=O)[nH]c3c2)cc(OC)c1OC(F)F. The van der Waals surface area contributed by atoms with Gasteiger partial charge in [0.2, 0.25) is 5.75 Å². The van der Waals surface area contributed by atoms with Gasteiger partial charge in [-0.15, -0.1) is 0 Å². The minimum Gasteiger partial charge on any atom is -0.493 e. The maximum absolute atomic E-state index is 12.6. The number of H-pyrrole nitrogens is 2. The van der Waals surface area contributed by atoms with Crippen LogP contribution in [0.2, 0.25) is 0 Å². The quantitative estimate of drug-likeness (QED) is 0.477.